The minimum absolute atomic E-state index is 0.0358. The Labute approximate surface area is 186 Å². The summed E-state index contributed by atoms with van der Waals surface area (Å²) in [6, 6.07) is 12.0. The van der Waals surface area contributed by atoms with Crippen LogP contribution in [0.3, 0.4) is 0 Å². The number of Topliss-reactive ketones (excluding diaryl/α,β-unsaturated/α-hetero) is 1. The fraction of sp³-hybridized carbons (Fsp3) is 0.360. The average molecular weight is 434 g/mol. The predicted molar refractivity (Wildman–Crippen MR) is 127 cm³/mol. The first kappa shape index (κ1) is 20.2. The van der Waals surface area contributed by atoms with E-state index in [1.807, 2.05) is 30.5 Å². The van der Waals surface area contributed by atoms with Gasteiger partial charge in [0, 0.05) is 42.5 Å². The van der Waals surface area contributed by atoms with Crippen LogP contribution in [-0.4, -0.2) is 37.1 Å². The molecule has 1 fully saturated rings. The van der Waals surface area contributed by atoms with Gasteiger partial charge >= 0.3 is 0 Å². The molecule has 2 aromatic heterocycles. The van der Waals surface area contributed by atoms with Crippen LogP contribution in [0.2, 0.25) is 0 Å². The molecule has 0 saturated carbocycles. The molecule has 1 saturated heterocycles. The monoisotopic (exact) mass is 433 g/mol. The zero-order chi connectivity index (χ0) is 21.6. The molecule has 0 unspecified atom stereocenters. The van der Waals surface area contributed by atoms with Crippen LogP contribution in [0.1, 0.15) is 35.5 Å². The first-order valence-corrected chi connectivity index (χ1v) is 11.6. The number of carbonyl (C=O) groups is 1. The first-order valence-electron chi connectivity index (χ1n) is 10.8. The van der Waals surface area contributed by atoms with Gasteiger partial charge in [0.15, 0.2) is 5.78 Å². The van der Waals surface area contributed by atoms with Gasteiger partial charge in [-0.3, -0.25) is 9.78 Å². The number of hydrogen-bond donors (Lipinski definition) is 1. The molecule has 3 heterocycles. The smallest absolute Gasteiger partial charge is 0.173 e. The fourth-order valence-electron chi connectivity index (χ4n) is 4.63. The first-order chi connectivity index (χ1) is 14.9. The van der Waals surface area contributed by atoms with Gasteiger partial charge in [-0.1, -0.05) is 26.0 Å². The standard InChI is InChI=1S/C25H27N3O2S/c1-25(2)14-19-22(17-6-7-27-20(13-17)16-4-3-5-18(26)12-16)24(28-8-10-30-11-9-28)31-23(19)21(29)15-25/h3-7,12-13H,8-11,14-15,26H2,1-2H3. The van der Waals surface area contributed by atoms with Crippen LogP contribution >= 0.6 is 11.3 Å². The molecule has 160 valence electrons. The number of morpholine rings is 1. The number of anilines is 2. The van der Waals surface area contributed by atoms with Gasteiger partial charge in [0.05, 0.1) is 28.8 Å². The quantitative estimate of drug-likeness (QED) is 0.585. The molecule has 5 nitrogen and oxygen atoms in total. The summed E-state index contributed by atoms with van der Waals surface area (Å²) in [6.07, 6.45) is 3.37. The maximum absolute atomic E-state index is 13.0. The molecule has 31 heavy (non-hydrogen) atoms. The number of nitrogens with two attached hydrogens (primary N) is 1. The highest BCUT2D eigenvalue weighted by molar-refractivity contribution is 7.19. The molecule has 2 N–H and O–H groups in total. The molecule has 5 rings (SSSR count). The third kappa shape index (κ3) is 3.86. The summed E-state index contributed by atoms with van der Waals surface area (Å²) in [4.78, 5) is 21.0. The van der Waals surface area contributed by atoms with Crippen LogP contribution in [0, 0.1) is 5.41 Å². The number of thiophene rings is 1. The summed E-state index contributed by atoms with van der Waals surface area (Å²) in [5.74, 6) is 0.266. The van der Waals surface area contributed by atoms with Gasteiger partial charge in [0.1, 0.15) is 0 Å². The SMILES string of the molecule is CC1(C)CC(=O)c2sc(N3CCOCC3)c(-c3ccnc(-c4cccc(N)c4)c3)c2C1. The van der Waals surface area contributed by atoms with Gasteiger partial charge in [-0.15, -0.1) is 11.3 Å². The lowest BCUT2D eigenvalue weighted by Gasteiger charge is -2.30. The highest BCUT2D eigenvalue weighted by Crippen LogP contribution is 2.49. The molecule has 0 bridgehead atoms. The van der Waals surface area contributed by atoms with E-state index < -0.39 is 0 Å². The normalized spacial score (nSPS) is 18.1. The maximum atomic E-state index is 13.0. The van der Waals surface area contributed by atoms with E-state index >= 15 is 0 Å². The number of benzene rings is 1. The third-order valence-electron chi connectivity index (χ3n) is 6.07. The van der Waals surface area contributed by atoms with Gasteiger partial charge < -0.3 is 15.4 Å². The highest BCUT2D eigenvalue weighted by Gasteiger charge is 2.37. The van der Waals surface area contributed by atoms with Crippen LogP contribution < -0.4 is 10.6 Å². The van der Waals surface area contributed by atoms with Crippen molar-refractivity contribution in [2.75, 3.05) is 36.9 Å². The van der Waals surface area contributed by atoms with E-state index in [1.54, 1.807) is 11.3 Å². The number of hydrogen-bond acceptors (Lipinski definition) is 6. The summed E-state index contributed by atoms with van der Waals surface area (Å²) in [5.41, 5.74) is 12.1. The predicted octanol–water partition coefficient (Wildman–Crippen LogP) is 5.05. The second-order valence-corrected chi connectivity index (χ2v) is 10.2. The molecule has 0 atom stereocenters. The number of pyridine rings is 1. The molecule has 6 heteroatoms. The van der Waals surface area contributed by atoms with E-state index in [0.717, 1.165) is 46.9 Å². The van der Waals surface area contributed by atoms with E-state index in [4.69, 9.17) is 10.5 Å². The molecule has 1 aliphatic heterocycles. The van der Waals surface area contributed by atoms with Gasteiger partial charge in [0.25, 0.3) is 0 Å². The summed E-state index contributed by atoms with van der Waals surface area (Å²) < 4.78 is 5.59. The number of nitrogens with zero attached hydrogens (tertiary/aromatic N) is 2. The van der Waals surface area contributed by atoms with Crippen LogP contribution in [0.4, 0.5) is 10.7 Å². The van der Waals surface area contributed by atoms with E-state index in [2.05, 4.69) is 35.9 Å². The molecular weight excluding hydrogens is 406 g/mol. The Bertz CT molecular complexity index is 1150. The lowest BCUT2D eigenvalue weighted by molar-refractivity contribution is 0.0918. The van der Waals surface area contributed by atoms with E-state index in [-0.39, 0.29) is 11.2 Å². The molecule has 0 radical (unpaired) electrons. The largest absolute Gasteiger partial charge is 0.399 e. The van der Waals surface area contributed by atoms with E-state index in [0.29, 0.717) is 19.6 Å². The number of carbonyl (C=O) groups excluding carboxylic acids is 1. The third-order valence-corrected chi connectivity index (χ3v) is 7.40. The Morgan fingerprint density at radius 3 is 2.68 bits per heavy atom. The minimum Gasteiger partial charge on any atom is -0.399 e. The number of ether oxygens (including phenoxy) is 1. The van der Waals surface area contributed by atoms with Crippen molar-refractivity contribution >= 4 is 27.8 Å². The Kier molecular flexibility index (Phi) is 5.07. The summed E-state index contributed by atoms with van der Waals surface area (Å²) in [5, 5.41) is 1.18. The molecule has 1 aliphatic carbocycles. The van der Waals surface area contributed by atoms with Crippen molar-refractivity contribution in [3.05, 3.63) is 53.0 Å². The van der Waals surface area contributed by atoms with Gasteiger partial charge in [-0.05, 0) is 47.2 Å². The second kappa shape index (κ2) is 7.77. The van der Waals surface area contributed by atoms with Crippen molar-refractivity contribution in [1.29, 1.82) is 0 Å². The zero-order valence-corrected chi connectivity index (χ0v) is 18.8. The maximum Gasteiger partial charge on any atom is 0.173 e. The van der Waals surface area contributed by atoms with Crippen molar-refractivity contribution in [1.82, 2.24) is 4.98 Å². The molecule has 0 spiro atoms. The average Bonchev–Trinajstić information content (AvgIpc) is 3.13. The molecule has 2 aliphatic rings. The molecule has 1 aromatic carbocycles. The number of nitrogen functional groups attached to an aromatic ring is 1. The number of aromatic nitrogens is 1. The van der Waals surface area contributed by atoms with Crippen LogP contribution in [0.15, 0.2) is 42.6 Å². The van der Waals surface area contributed by atoms with E-state index in [1.165, 1.54) is 16.1 Å². The van der Waals surface area contributed by atoms with Crippen molar-refractivity contribution in [2.24, 2.45) is 5.41 Å². The van der Waals surface area contributed by atoms with Crippen molar-refractivity contribution in [3.8, 4) is 22.4 Å². The summed E-state index contributed by atoms with van der Waals surface area (Å²) in [7, 11) is 0. The zero-order valence-electron chi connectivity index (χ0n) is 18.0. The van der Waals surface area contributed by atoms with Crippen molar-refractivity contribution in [3.63, 3.8) is 0 Å². The summed E-state index contributed by atoms with van der Waals surface area (Å²) in [6.45, 7) is 7.50. The summed E-state index contributed by atoms with van der Waals surface area (Å²) >= 11 is 1.66. The van der Waals surface area contributed by atoms with Crippen LogP contribution in [0.25, 0.3) is 22.4 Å². The Hall–Kier alpha value is -2.70. The van der Waals surface area contributed by atoms with Crippen molar-refractivity contribution in [2.45, 2.75) is 26.7 Å². The number of fused-ring (bicyclic) bond motifs is 1. The Morgan fingerprint density at radius 2 is 1.90 bits per heavy atom. The molecule has 3 aromatic rings. The molecule has 0 amide bonds. The number of ketones is 1. The fourth-order valence-corrected chi connectivity index (χ4v) is 5.96. The van der Waals surface area contributed by atoms with Gasteiger partial charge in [-0.25, -0.2) is 0 Å². The lowest BCUT2D eigenvalue weighted by Crippen LogP contribution is -2.36. The molecular formula is C25H27N3O2S. The topological polar surface area (TPSA) is 68.5 Å². The van der Waals surface area contributed by atoms with E-state index in [9.17, 15) is 4.79 Å². The Balaban J connectivity index is 1.68. The minimum atomic E-state index is -0.0358. The lowest BCUT2D eigenvalue weighted by atomic mass is 9.75. The van der Waals surface area contributed by atoms with Crippen LogP contribution in [-0.2, 0) is 11.2 Å². The van der Waals surface area contributed by atoms with Crippen molar-refractivity contribution < 1.29 is 9.53 Å². The van der Waals surface area contributed by atoms with Crippen LogP contribution in [0.5, 0.6) is 0 Å². The van der Waals surface area contributed by atoms with Gasteiger partial charge in [-0.2, -0.15) is 0 Å². The second-order valence-electron chi connectivity index (χ2n) is 9.19. The number of rotatable bonds is 3. The van der Waals surface area contributed by atoms with Gasteiger partial charge in [0.2, 0.25) is 0 Å². The highest BCUT2D eigenvalue weighted by atomic mass is 32.1. The Morgan fingerprint density at radius 1 is 1.10 bits per heavy atom.